The molecule has 0 radical (unpaired) electrons. The van der Waals surface area contributed by atoms with Crippen molar-refractivity contribution in [3.8, 4) is 5.75 Å². The number of carbonyl (C=O) groups excluding carboxylic acids is 2. The van der Waals surface area contributed by atoms with Gasteiger partial charge in [-0.05, 0) is 36.2 Å². The Hall–Kier alpha value is -3.41. The molecule has 0 bridgehead atoms. The zero-order valence-corrected chi connectivity index (χ0v) is 15.0. The highest BCUT2D eigenvalue weighted by Gasteiger charge is 2.15. The van der Waals surface area contributed by atoms with Crippen LogP contribution in [0.15, 0.2) is 63.8 Å². The fourth-order valence-corrected chi connectivity index (χ4v) is 2.45. The fraction of sp³-hybridized carbons (Fsp3) is 0.190. The number of rotatable bonds is 5. The molecule has 3 aromatic rings. The van der Waals surface area contributed by atoms with E-state index in [2.05, 4.69) is 5.32 Å². The van der Waals surface area contributed by atoms with E-state index in [1.807, 2.05) is 13.8 Å². The maximum atomic E-state index is 12.1. The molecular formula is C21H19NO5. The van der Waals surface area contributed by atoms with Crippen molar-refractivity contribution in [2.75, 3.05) is 6.54 Å². The molecule has 0 aliphatic rings. The van der Waals surface area contributed by atoms with Crippen LogP contribution in [-0.2, 0) is 0 Å². The van der Waals surface area contributed by atoms with Gasteiger partial charge in [0, 0.05) is 18.0 Å². The van der Waals surface area contributed by atoms with Crippen molar-refractivity contribution >= 4 is 22.8 Å². The van der Waals surface area contributed by atoms with Gasteiger partial charge in [-0.25, -0.2) is 9.59 Å². The second-order valence-corrected chi connectivity index (χ2v) is 6.51. The number of fused-ring (bicyclic) bond motifs is 1. The highest BCUT2D eigenvalue weighted by Crippen LogP contribution is 2.21. The van der Waals surface area contributed by atoms with Gasteiger partial charge in [0.1, 0.15) is 16.9 Å². The zero-order valence-electron chi connectivity index (χ0n) is 15.0. The van der Waals surface area contributed by atoms with Crippen molar-refractivity contribution in [3.05, 3.63) is 76.1 Å². The lowest BCUT2D eigenvalue weighted by atomic mass is 10.1. The SMILES string of the molecule is CC(C)CNC(=O)c1cc2ccc(OC(=O)c3ccccc3)cc2oc1=O. The van der Waals surface area contributed by atoms with Crippen LogP contribution in [-0.4, -0.2) is 18.4 Å². The average molecular weight is 365 g/mol. The van der Waals surface area contributed by atoms with Gasteiger partial charge >= 0.3 is 11.6 Å². The molecule has 27 heavy (non-hydrogen) atoms. The number of hydrogen-bond donors (Lipinski definition) is 1. The number of esters is 1. The molecule has 1 N–H and O–H groups in total. The van der Waals surface area contributed by atoms with Gasteiger partial charge in [-0.15, -0.1) is 0 Å². The Bertz CT molecular complexity index is 1040. The van der Waals surface area contributed by atoms with Gasteiger partial charge < -0.3 is 14.5 Å². The summed E-state index contributed by atoms with van der Waals surface area (Å²) in [4.78, 5) is 36.4. The summed E-state index contributed by atoms with van der Waals surface area (Å²) in [6.07, 6.45) is 0. The van der Waals surface area contributed by atoms with Gasteiger partial charge in [-0.2, -0.15) is 0 Å². The third-order valence-corrected chi connectivity index (χ3v) is 3.84. The predicted octanol–water partition coefficient (Wildman–Crippen LogP) is 3.40. The lowest BCUT2D eigenvalue weighted by Crippen LogP contribution is -2.31. The van der Waals surface area contributed by atoms with Crippen LogP contribution in [0, 0.1) is 5.92 Å². The van der Waals surface area contributed by atoms with Gasteiger partial charge in [0.05, 0.1) is 5.56 Å². The Morgan fingerprint density at radius 3 is 2.52 bits per heavy atom. The molecule has 0 aliphatic carbocycles. The van der Waals surface area contributed by atoms with Gasteiger partial charge in [0.15, 0.2) is 0 Å². The molecular weight excluding hydrogens is 346 g/mol. The number of ether oxygens (including phenoxy) is 1. The predicted molar refractivity (Wildman–Crippen MR) is 101 cm³/mol. The van der Waals surface area contributed by atoms with E-state index in [9.17, 15) is 14.4 Å². The van der Waals surface area contributed by atoms with Crippen molar-refractivity contribution < 1.29 is 18.7 Å². The van der Waals surface area contributed by atoms with Gasteiger partial charge in [-0.3, -0.25) is 4.79 Å². The van der Waals surface area contributed by atoms with E-state index >= 15 is 0 Å². The Labute approximate surface area is 155 Å². The first-order chi connectivity index (χ1) is 12.9. The summed E-state index contributed by atoms with van der Waals surface area (Å²) in [6.45, 7) is 4.38. The third-order valence-electron chi connectivity index (χ3n) is 3.84. The van der Waals surface area contributed by atoms with Crippen LogP contribution in [0.2, 0.25) is 0 Å². The fourth-order valence-electron chi connectivity index (χ4n) is 2.45. The lowest BCUT2D eigenvalue weighted by Gasteiger charge is -2.08. The van der Waals surface area contributed by atoms with Crippen molar-refractivity contribution in [1.82, 2.24) is 5.32 Å². The average Bonchev–Trinajstić information content (AvgIpc) is 2.66. The van der Waals surface area contributed by atoms with E-state index < -0.39 is 17.5 Å². The van der Waals surface area contributed by atoms with Crippen LogP contribution in [0.25, 0.3) is 11.0 Å². The molecule has 0 fully saturated rings. The normalized spacial score (nSPS) is 10.8. The molecule has 1 aromatic heterocycles. The molecule has 2 aromatic carbocycles. The summed E-state index contributed by atoms with van der Waals surface area (Å²) in [6, 6.07) is 14.7. The van der Waals surface area contributed by atoms with E-state index in [0.717, 1.165) is 0 Å². The zero-order chi connectivity index (χ0) is 19.4. The smallest absolute Gasteiger partial charge is 0.349 e. The molecule has 6 nitrogen and oxygen atoms in total. The Kier molecular flexibility index (Phi) is 5.35. The summed E-state index contributed by atoms with van der Waals surface area (Å²) in [5.74, 6) is -0.472. The van der Waals surface area contributed by atoms with E-state index in [1.54, 1.807) is 42.5 Å². The maximum Gasteiger partial charge on any atom is 0.349 e. The summed E-state index contributed by atoms with van der Waals surface area (Å²) in [5.41, 5.74) is -0.150. The Morgan fingerprint density at radius 1 is 1.07 bits per heavy atom. The molecule has 0 unspecified atom stereocenters. The molecule has 0 saturated heterocycles. The van der Waals surface area contributed by atoms with Crippen molar-refractivity contribution in [3.63, 3.8) is 0 Å². The van der Waals surface area contributed by atoms with Gasteiger partial charge in [-0.1, -0.05) is 32.0 Å². The third kappa shape index (κ3) is 4.41. The van der Waals surface area contributed by atoms with Crippen LogP contribution in [0.4, 0.5) is 0 Å². The maximum absolute atomic E-state index is 12.1. The number of benzene rings is 2. The van der Waals surface area contributed by atoms with E-state index in [0.29, 0.717) is 17.5 Å². The molecule has 6 heteroatoms. The molecule has 0 saturated carbocycles. The number of carbonyl (C=O) groups is 2. The molecule has 1 amide bonds. The molecule has 0 atom stereocenters. The molecule has 3 rings (SSSR count). The highest BCUT2D eigenvalue weighted by molar-refractivity contribution is 5.97. The van der Waals surface area contributed by atoms with E-state index in [4.69, 9.17) is 9.15 Å². The second kappa shape index (κ2) is 7.86. The number of nitrogens with one attached hydrogen (secondary N) is 1. The highest BCUT2D eigenvalue weighted by atomic mass is 16.5. The van der Waals surface area contributed by atoms with Crippen molar-refractivity contribution in [2.45, 2.75) is 13.8 Å². The Morgan fingerprint density at radius 2 is 1.81 bits per heavy atom. The first-order valence-electron chi connectivity index (χ1n) is 8.57. The molecule has 1 heterocycles. The topological polar surface area (TPSA) is 85.6 Å². The monoisotopic (exact) mass is 365 g/mol. The van der Waals surface area contributed by atoms with E-state index in [-0.39, 0.29) is 22.8 Å². The molecule has 138 valence electrons. The van der Waals surface area contributed by atoms with Crippen LogP contribution < -0.4 is 15.7 Å². The van der Waals surface area contributed by atoms with Crippen LogP contribution in [0.5, 0.6) is 5.75 Å². The summed E-state index contributed by atoms with van der Waals surface area (Å²) in [7, 11) is 0. The quantitative estimate of drug-likeness (QED) is 0.425. The number of amides is 1. The largest absolute Gasteiger partial charge is 0.423 e. The van der Waals surface area contributed by atoms with Gasteiger partial charge in [0.2, 0.25) is 0 Å². The standard InChI is InChI=1S/C21H19NO5/c1-13(2)12-22-19(23)17-10-15-8-9-16(11-18(15)27-21(17)25)26-20(24)14-6-4-3-5-7-14/h3-11,13H,12H2,1-2H3,(H,22,23). The minimum atomic E-state index is -0.740. The second-order valence-electron chi connectivity index (χ2n) is 6.51. The first kappa shape index (κ1) is 18.4. The van der Waals surface area contributed by atoms with Crippen LogP contribution in [0.1, 0.15) is 34.6 Å². The first-order valence-corrected chi connectivity index (χ1v) is 8.57. The van der Waals surface area contributed by atoms with E-state index in [1.165, 1.54) is 12.1 Å². The van der Waals surface area contributed by atoms with Crippen molar-refractivity contribution in [2.24, 2.45) is 5.92 Å². The summed E-state index contributed by atoms with van der Waals surface area (Å²) in [5, 5.41) is 3.25. The van der Waals surface area contributed by atoms with Crippen LogP contribution >= 0.6 is 0 Å². The van der Waals surface area contributed by atoms with Crippen molar-refractivity contribution in [1.29, 1.82) is 0 Å². The molecule has 0 spiro atoms. The van der Waals surface area contributed by atoms with Crippen LogP contribution in [0.3, 0.4) is 0 Å². The molecule has 0 aliphatic heterocycles. The minimum absolute atomic E-state index is 0.0582. The Balaban J connectivity index is 1.84. The minimum Gasteiger partial charge on any atom is -0.423 e. The summed E-state index contributed by atoms with van der Waals surface area (Å²) >= 11 is 0. The lowest BCUT2D eigenvalue weighted by molar-refractivity contribution is 0.0734. The summed E-state index contributed by atoms with van der Waals surface area (Å²) < 4.78 is 10.6. The van der Waals surface area contributed by atoms with Gasteiger partial charge in [0.25, 0.3) is 5.91 Å². The number of hydrogen-bond acceptors (Lipinski definition) is 5.